The lowest BCUT2D eigenvalue weighted by Gasteiger charge is -2.14. The van der Waals surface area contributed by atoms with E-state index in [1.54, 1.807) is 54.9 Å². The SMILES string of the molecule is O=S(=O)(Nc1nc2ccccc2nc1OCc1cccnc1)c1cccc2ccccc12. The second-order valence-electron chi connectivity index (χ2n) is 7.10. The summed E-state index contributed by atoms with van der Waals surface area (Å²) in [4.78, 5) is 13.2. The van der Waals surface area contributed by atoms with Crippen molar-refractivity contribution in [2.75, 3.05) is 4.72 Å². The number of rotatable bonds is 6. The number of para-hydroxylation sites is 2. The van der Waals surface area contributed by atoms with Crippen LogP contribution < -0.4 is 9.46 Å². The van der Waals surface area contributed by atoms with E-state index in [0.29, 0.717) is 16.4 Å². The fourth-order valence-corrected chi connectivity index (χ4v) is 4.63. The number of aromatic nitrogens is 3. The third-order valence-electron chi connectivity index (χ3n) is 4.91. The van der Waals surface area contributed by atoms with Crippen molar-refractivity contribution in [3.8, 4) is 5.88 Å². The predicted molar refractivity (Wildman–Crippen MR) is 123 cm³/mol. The minimum atomic E-state index is -3.96. The van der Waals surface area contributed by atoms with Gasteiger partial charge >= 0.3 is 0 Å². The summed E-state index contributed by atoms with van der Waals surface area (Å²) in [5, 5.41) is 1.45. The first-order valence-electron chi connectivity index (χ1n) is 9.89. The molecule has 32 heavy (non-hydrogen) atoms. The van der Waals surface area contributed by atoms with Gasteiger partial charge in [-0.15, -0.1) is 0 Å². The van der Waals surface area contributed by atoms with Gasteiger partial charge < -0.3 is 4.74 Å². The van der Waals surface area contributed by atoms with Crippen molar-refractivity contribution in [2.45, 2.75) is 11.5 Å². The van der Waals surface area contributed by atoms with Crippen molar-refractivity contribution in [1.29, 1.82) is 0 Å². The third kappa shape index (κ3) is 3.95. The fraction of sp³-hybridized carbons (Fsp3) is 0.0417. The Kier molecular flexibility index (Phi) is 5.12. The molecule has 0 fully saturated rings. The molecule has 5 aromatic rings. The third-order valence-corrected chi connectivity index (χ3v) is 6.30. The molecule has 0 spiro atoms. The van der Waals surface area contributed by atoms with Crippen LogP contribution >= 0.6 is 0 Å². The fourth-order valence-electron chi connectivity index (χ4n) is 3.40. The summed E-state index contributed by atoms with van der Waals surface area (Å²) < 4.78 is 35.1. The van der Waals surface area contributed by atoms with Gasteiger partial charge in [-0.1, -0.05) is 54.6 Å². The van der Waals surface area contributed by atoms with Gasteiger partial charge in [-0.05, 0) is 29.7 Å². The van der Waals surface area contributed by atoms with Gasteiger partial charge in [0.2, 0.25) is 5.82 Å². The number of fused-ring (bicyclic) bond motifs is 2. The van der Waals surface area contributed by atoms with Crippen LogP contribution in [-0.2, 0) is 16.6 Å². The summed E-state index contributed by atoms with van der Waals surface area (Å²) in [6.45, 7) is 0.170. The van der Waals surface area contributed by atoms with Crippen LogP contribution in [0.5, 0.6) is 5.88 Å². The van der Waals surface area contributed by atoms with Gasteiger partial charge in [0, 0.05) is 23.3 Å². The van der Waals surface area contributed by atoms with Crippen molar-refractivity contribution in [1.82, 2.24) is 15.0 Å². The Morgan fingerprint density at radius 1 is 0.812 bits per heavy atom. The van der Waals surface area contributed by atoms with Crippen molar-refractivity contribution >= 4 is 37.6 Å². The number of hydrogen-bond acceptors (Lipinski definition) is 6. The summed E-state index contributed by atoms with van der Waals surface area (Å²) in [6, 6.07) is 23.3. The molecule has 0 saturated carbocycles. The zero-order valence-electron chi connectivity index (χ0n) is 16.8. The molecule has 8 heteroatoms. The van der Waals surface area contributed by atoms with Crippen molar-refractivity contribution in [3.05, 3.63) is 96.8 Å². The van der Waals surface area contributed by atoms with Crippen LogP contribution in [-0.4, -0.2) is 23.4 Å². The zero-order valence-corrected chi connectivity index (χ0v) is 17.7. The van der Waals surface area contributed by atoms with Gasteiger partial charge in [0.15, 0.2) is 0 Å². The Morgan fingerprint density at radius 3 is 2.38 bits per heavy atom. The monoisotopic (exact) mass is 442 g/mol. The van der Waals surface area contributed by atoms with E-state index in [4.69, 9.17) is 4.74 Å². The molecule has 0 atom stereocenters. The summed E-state index contributed by atoms with van der Waals surface area (Å²) in [7, 11) is -3.96. The molecule has 0 radical (unpaired) electrons. The highest BCUT2D eigenvalue weighted by molar-refractivity contribution is 7.93. The maximum absolute atomic E-state index is 13.3. The number of hydrogen-bond donors (Lipinski definition) is 1. The minimum Gasteiger partial charge on any atom is -0.470 e. The summed E-state index contributed by atoms with van der Waals surface area (Å²) in [5.74, 6) is 0.122. The Balaban J connectivity index is 1.56. The van der Waals surface area contributed by atoms with Gasteiger partial charge in [0.25, 0.3) is 15.9 Å². The minimum absolute atomic E-state index is 0.0283. The van der Waals surface area contributed by atoms with E-state index in [1.165, 1.54) is 0 Å². The maximum Gasteiger partial charge on any atom is 0.263 e. The smallest absolute Gasteiger partial charge is 0.263 e. The molecule has 158 valence electrons. The largest absolute Gasteiger partial charge is 0.470 e. The van der Waals surface area contributed by atoms with E-state index in [9.17, 15) is 8.42 Å². The maximum atomic E-state index is 13.3. The highest BCUT2D eigenvalue weighted by atomic mass is 32.2. The van der Waals surface area contributed by atoms with Crippen LogP contribution in [0.4, 0.5) is 5.82 Å². The molecule has 7 nitrogen and oxygen atoms in total. The van der Waals surface area contributed by atoms with Gasteiger partial charge in [0.05, 0.1) is 15.9 Å². The molecule has 0 bridgehead atoms. The molecule has 0 saturated heterocycles. The first-order valence-corrected chi connectivity index (χ1v) is 11.4. The summed E-state index contributed by atoms with van der Waals surface area (Å²) in [5.41, 5.74) is 1.98. The van der Waals surface area contributed by atoms with E-state index in [2.05, 4.69) is 19.7 Å². The molecule has 0 aliphatic rings. The van der Waals surface area contributed by atoms with Gasteiger partial charge in [-0.25, -0.2) is 18.4 Å². The van der Waals surface area contributed by atoms with Gasteiger partial charge in [-0.3, -0.25) is 9.71 Å². The topological polar surface area (TPSA) is 94.1 Å². The Morgan fingerprint density at radius 2 is 1.56 bits per heavy atom. The first-order chi connectivity index (χ1) is 15.6. The molecule has 0 aliphatic heterocycles. The van der Waals surface area contributed by atoms with Crippen LogP contribution in [0.3, 0.4) is 0 Å². The van der Waals surface area contributed by atoms with Crippen molar-refractivity contribution in [3.63, 3.8) is 0 Å². The van der Waals surface area contributed by atoms with Crippen LogP contribution in [0.2, 0.25) is 0 Å². The van der Waals surface area contributed by atoms with Gasteiger partial charge in [0.1, 0.15) is 6.61 Å². The van der Waals surface area contributed by atoms with Crippen molar-refractivity contribution in [2.24, 2.45) is 0 Å². The van der Waals surface area contributed by atoms with Crippen molar-refractivity contribution < 1.29 is 13.2 Å². The van der Waals surface area contributed by atoms with Gasteiger partial charge in [-0.2, -0.15) is 0 Å². The lowest BCUT2D eigenvalue weighted by molar-refractivity contribution is 0.295. The number of nitrogens with one attached hydrogen (secondary N) is 1. The van der Waals surface area contributed by atoms with E-state index >= 15 is 0 Å². The zero-order chi connectivity index (χ0) is 22.0. The molecule has 0 unspecified atom stereocenters. The second-order valence-corrected chi connectivity index (χ2v) is 8.75. The molecular weight excluding hydrogens is 424 g/mol. The molecule has 0 amide bonds. The quantitative estimate of drug-likeness (QED) is 0.414. The predicted octanol–water partition coefficient (Wildman–Crippen LogP) is 4.56. The summed E-state index contributed by atoms with van der Waals surface area (Å²) in [6.07, 6.45) is 3.34. The first kappa shape index (κ1) is 19.9. The molecule has 2 heterocycles. The number of anilines is 1. The van der Waals surface area contributed by atoms with E-state index in [1.807, 2.05) is 36.4 Å². The molecule has 3 aromatic carbocycles. The van der Waals surface area contributed by atoms with Crippen LogP contribution in [0, 0.1) is 0 Å². The lowest BCUT2D eigenvalue weighted by atomic mass is 10.1. The molecular formula is C24H18N4O3S. The standard InChI is InChI=1S/C24H18N4O3S/c29-32(30,22-13-5-9-18-8-1-2-10-19(18)22)28-23-24(31-16-17-7-6-14-25-15-17)27-21-12-4-3-11-20(21)26-23/h1-15H,16H2,(H,26,28). The molecule has 2 aromatic heterocycles. The average Bonchev–Trinajstić information content (AvgIpc) is 2.82. The number of ether oxygens (including phenoxy) is 1. The van der Waals surface area contributed by atoms with E-state index in [-0.39, 0.29) is 23.2 Å². The summed E-state index contributed by atoms with van der Waals surface area (Å²) >= 11 is 0. The second kappa shape index (κ2) is 8.24. The number of sulfonamides is 1. The van der Waals surface area contributed by atoms with Crippen LogP contribution in [0.15, 0.2) is 96.2 Å². The Bertz CT molecular complexity index is 1520. The number of benzene rings is 3. The lowest BCUT2D eigenvalue weighted by Crippen LogP contribution is -2.16. The van der Waals surface area contributed by atoms with Crippen LogP contribution in [0.1, 0.15) is 5.56 Å². The number of nitrogens with zero attached hydrogens (tertiary/aromatic N) is 3. The highest BCUT2D eigenvalue weighted by Gasteiger charge is 2.21. The van der Waals surface area contributed by atoms with E-state index < -0.39 is 10.0 Å². The molecule has 1 N–H and O–H groups in total. The van der Waals surface area contributed by atoms with E-state index in [0.717, 1.165) is 10.9 Å². The average molecular weight is 443 g/mol. The molecule has 0 aliphatic carbocycles. The van der Waals surface area contributed by atoms with Crippen LogP contribution in [0.25, 0.3) is 21.8 Å². The highest BCUT2D eigenvalue weighted by Crippen LogP contribution is 2.29. The Labute approximate surface area is 184 Å². The normalized spacial score (nSPS) is 11.5. The molecule has 5 rings (SSSR count). The number of pyridine rings is 1. The Hall–Kier alpha value is -4.04.